The van der Waals surface area contributed by atoms with Crippen molar-refractivity contribution < 1.29 is 14.7 Å². The molecule has 0 aliphatic heterocycles. The lowest BCUT2D eigenvalue weighted by Gasteiger charge is -2.07. The minimum atomic E-state index is -0.880. The van der Waals surface area contributed by atoms with Gasteiger partial charge >= 0.3 is 5.97 Å². The fourth-order valence-electron chi connectivity index (χ4n) is 1.52. The van der Waals surface area contributed by atoms with E-state index in [1.54, 1.807) is 24.3 Å². The number of carboxylic acids is 1. The second-order valence-corrected chi connectivity index (χ2v) is 3.75. The van der Waals surface area contributed by atoms with E-state index in [-0.39, 0.29) is 18.7 Å². The lowest BCUT2D eigenvalue weighted by atomic mass is 10.0. The smallest absolute Gasteiger partial charge is 0.303 e. The number of carbonyl (C=O) groups is 2. The number of nitriles is 1. The van der Waals surface area contributed by atoms with E-state index >= 15 is 0 Å². The van der Waals surface area contributed by atoms with Crippen LogP contribution in [0.2, 0.25) is 0 Å². The number of carbonyl (C=O) groups excluding carboxylic acids is 1. The minimum absolute atomic E-state index is 0.0279. The molecule has 0 bridgehead atoms. The first-order chi connectivity index (χ1) is 8.65. The first-order valence-electron chi connectivity index (χ1n) is 5.60. The summed E-state index contributed by atoms with van der Waals surface area (Å²) in [5.41, 5.74) is 1.14. The zero-order chi connectivity index (χ0) is 13.4. The van der Waals surface area contributed by atoms with E-state index in [9.17, 15) is 9.59 Å². The van der Waals surface area contributed by atoms with Crippen LogP contribution in [-0.2, 0) is 11.2 Å². The molecule has 1 aromatic rings. The molecule has 0 aromatic heterocycles. The number of carboxylic acid groups (broad SMARTS) is 1. The number of nitrogens with zero attached hydrogens (tertiary/aromatic N) is 1. The summed E-state index contributed by atoms with van der Waals surface area (Å²) in [6.07, 6.45) is 0.598. The van der Waals surface area contributed by atoms with Gasteiger partial charge in [-0.15, -0.1) is 0 Å². The molecule has 0 fully saturated rings. The summed E-state index contributed by atoms with van der Waals surface area (Å²) in [5.74, 6) is -1.15. The van der Waals surface area contributed by atoms with Gasteiger partial charge in [-0.25, -0.2) is 0 Å². The average molecular weight is 246 g/mol. The van der Waals surface area contributed by atoms with Gasteiger partial charge in [0, 0.05) is 18.5 Å². The van der Waals surface area contributed by atoms with Crippen molar-refractivity contribution in [2.75, 3.05) is 6.54 Å². The number of amides is 1. The van der Waals surface area contributed by atoms with E-state index in [0.717, 1.165) is 0 Å². The van der Waals surface area contributed by atoms with E-state index in [4.69, 9.17) is 10.4 Å². The van der Waals surface area contributed by atoms with Gasteiger partial charge < -0.3 is 10.4 Å². The maximum absolute atomic E-state index is 11.8. The third-order valence-corrected chi connectivity index (χ3v) is 2.38. The number of benzene rings is 1. The van der Waals surface area contributed by atoms with E-state index in [0.29, 0.717) is 24.1 Å². The fraction of sp³-hybridized carbons (Fsp3) is 0.308. The molecule has 1 amide bonds. The van der Waals surface area contributed by atoms with Crippen LogP contribution in [0.5, 0.6) is 0 Å². The Bertz CT molecular complexity index is 477. The van der Waals surface area contributed by atoms with Crippen molar-refractivity contribution in [1.29, 1.82) is 5.26 Å². The van der Waals surface area contributed by atoms with Crippen LogP contribution in [0.15, 0.2) is 24.3 Å². The minimum Gasteiger partial charge on any atom is -0.481 e. The largest absolute Gasteiger partial charge is 0.481 e. The van der Waals surface area contributed by atoms with E-state index in [1.807, 2.05) is 6.07 Å². The van der Waals surface area contributed by atoms with Crippen molar-refractivity contribution in [3.05, 3.63) is 35.4 Å². The molecule has 0 spiro atoms. The molecule has 5 nitrogen and oxygen atoms in total. The number of hydrogen-bond acceptors (Lipinski definition) is 3. The Morgan fingerprint density at radius 2 is 2.06 bits per heavy atom. The van der Waals surface area contributed by atoms with Gasteiger partial charge in [-0.05, 0) is 18.1 Å². The summed E-state index contributed by atoms with van der Waals surface area (Å²) in [4.78, 5) is 22.1. The Morgan fingerprint density at radius 1 is 1.33 bits per heavy atom. The van der Waals surface area contributed by atoms with Gasteiger partial charge in [0.2, 0.25) is 0 Å². The molecule has 0 aliphatic rings. The van der Waals surface area contributed by atoms with Gasteiger partial charge in [0.15, 0.2) is 0 Å². The molecule has 1 aromatic carbocycles. The van der Waals surface area contributed by atoms with Crippen LogP contribution in [-0.4, -0.2) is 23.5 Å². The van der Waals surface area contributed by atoms with Gasteiger partial charge in [-0.2, -0.15) is 5.26 Å². The molecule has 18 heavy (non-hydrogen) atoms. The van der Waals surface area contributed by atoms with Crippen molar-refractivity contribution in [2.24, 2.45) is 0 Å². The Hall–Kier alpha value is -2.35. The molecule has 0 atom stereocenters. The number of hydrogen-bond donors (Lipinski definition) is 2. The van der Waals surface area contributed by atoms with Crippen LogP contribution in [0.25, 0.3) is 0 Å². The molecule has 5 heteroatoms. The quantitative estimate of drug-likeness (QED) is 0.741. The van der Waals surface area contributed by atoms with Gasteiger partial charge in [-0.3, -0.25) is 9.59 Å². The molecule has 0 heterocycles. The van der Waals surface area contributed by atoms with Crippen LogP contribution in [0.3, 0.4) is 0 Å². The molecule has 0 saturated carbocycles. The molecule has 94 valence electrons. The molecular formula is C13H14N2O3. The fourth-order valence-corrected chi connectivity index (χ4v) is 1.52. The zero-order valence-electron chi connectivity index (χ0n) is 9.85. The molecule has 0 aliphatic carbocycles. The van der Waals surface area contributed by atoms with Crippen LogP contribution >= 0.6 is 0 Å². The molecule has 1 rings (SSSR count). The van der Waals surface area contributed by atoms with Crippen molar-refractivity contribution in [3.63, 3.8) is 0 Å². The highest BCUT2D eigenvalue weighted by Crippen LogP contribution is 2.09. The lowest BCUT2D eigenvalue weighted by molar-refractivity contribution is -0.137. The summed E-state index contributed by atoms with van der Waals surface area (Å²) in [6, 6.07) is 8.89. The van der Waals surface area contributed by atoms with Gasteiger partial charge in [0.1, 0.15) is 0 Å². The Kier molecular flexibility index (Phi) is 5.39. The predicted molar refractivity (Wildman–Crippen MR) is 65.0 cm³/mol. The molecule has 0 unspecified atom stereocenters. The summed E-state index contributed by atoms with van der Waals surface area (Å²) >= 11 is 0. The van der Waals surface area contributed by atoms with Crippen LogP contribution in [0, 0.1) is 11.3 Å². The summed E-state index contributed by atoms with van der Waals surface area (Å²) in [5, 5.41) is 19.8. The Morgan fingerprint density at radius 3 is 2.72 bits per heavy atom. The van der Waals surface area contributed by atoms with Crippen LogP contribution in [0.1, 0.15) is 28.8 Å². The van der Waals surface area contributed by atoms with Crippen LogP contribution in [0.4, 0.5) is 0 Å². The van der Waals surface area contributed by atoms with Gasteiger partial charge in [0.05, 0.1) is 12.5 Å². The lowest BCUT2D eigenvalue weighted by Crippen LogP contribution is -2.25. The van der Waals surface area contributed by atoms with E-state index in [2.05, 4.69) is 5.32 Å². The van der Waals surface area contributed by atoms with Gasteiger partial charge in [0.25, 0.3) is 5.91 Å². The van der Waals surface area contributed by atoms with Crippen molar-refractivity contribution >= 4 is 11.9 Å². The summed E-state index contributed by atoms with van der Waals surface area (Å²) in [6.45, 7) is 0.312. The first kappa shape index (κ1) is 13.7. The number of aliphatic carboxylic acids is 1. The molecule has 2 N–H and O–H groups in total. The van der Waals surface area contributed by atoms with E-state index < -0.39 is 5.97 Å². The monoisotopic (exact) mass is 246 g/mol. The van der Waals surface area contributed by atoms with Crippen molar-refractivity contribution in [1.82, 2.24) is 5.32 Å². The topological polar surface area (TPSA) is 90.2 Å². The SMILES string of the molecule is N#CCc1ccccc1C(=O)NCCCC(=O)O. The Balaban J connectivity index is 2.56. The third kappa shape index (κ3) is 4.26. The predicted octanol–water partition coefficient (Wildman–Crippen LogP) is 1.35. The van der Waals surface area contributed by atoms with Crippen LogP contribution < -0.4 is 5.32 Å². The number of nitrogens with one attached hydrogen (secondary N) is 1. The zero-order valence-corrected chi connectivity index (χ0v) is 9.85. The van der Waals surface area contributed by atoms with E-state index in [1.165, 1.54) is 0 Å². The van der Waals surface area contributed by atoms with Crippen molar-refractivity contribution in [3.8, 4) is 6.07 Å². The highest BCUT2D eigenvalue weighted by Gasteiger charge is 2.09. The Labute approximate surface area is 105 Å². The highest BCUT2D eigenvalue weighted by molar-refractivity contribution is 5.95. The second kappa shape index (κ2) is 7.07. The summed E-state index contributed by atoms with van der Waals surface area (Å²) < 4.78 is 0. The second-order valence-electron chi connectivity index (χ2n) is 3.75. The standard InChI is InChI=1S/C13H14N2O3/c14-8-7-10-4-1-2-5-11(10)13(18)15-9-3-6-12(16)17/h1-2,4-5H,3,6-7,9H2,(H,15,18)(H,16,17). The third-order valence-electron chi connectivity index (χ3n) is 2.38. The molecule has 0 saturated heterocycles. The molecule has 0 radical (unpaired) electrons. The highest BCUT2D eigenvalue weighted by atomic mass is 16.4. The average Bonchev–Trinajstić information content (AvgIpc) is 2.35. The van der Waals surface area contributed by atoms with Gasteiger partial charge in [-0.1, -0.05) is 18.2 Å². The molecular weight excluding hydrogens is 232 g/mol. The maximum Gasteiger partial charge on any atom is 0.303 e. The maximum atomic E-state index is 11.8. The number of rotatable bonds is 6. The first-order valence-corrected chi connectivity index (χ1v) is 5.60. The summed E-state index contributed by atoms with van der Waals surface area (Å²) in [7, 11) is 0. The van der Waals surface area contributed by atoms with Crippen molar-refractivity contribution in [2.45, 2.75) is 19.3 Å². The normalized spacial score (nSPS) is 9.50.